The van der Waals surface area contributed by atoms with E-state index in [9.17, 15) is 9.59 Å². The summed E-state index contributed by atoms with van der Waals surface area (Å²) in [7, 11) is 0. The van der Waals surface area contributed by atoms with Crippen LogP contribution >= 0.6 is 11.6 Å². The van der Waals surface area contributed by atoms with Gasteiger partial charge in [-0.25, -0.2) is 14.3 Å². The van der Waals surface area contributed by atoms with E-state index in [-0.39, 0.29) is 5.56 Å². The van der Waals surface area contributed by atoms with Crippen molar-refractivity contribution in [1.29, 1.82) is 0 Å². The topological polar surface area (TPSA) is 85.6 Å². The molecule has 0 aliphatic carbocycles. The normalized spacial score (nSPS) is 10.6. The minimum Gasteiger partial charge on any atom is -0.452 e. The molecule has 3 aromatic rings. The standard InChI is InChI=1S/C16H13ClN4O3/c1-10-14(15-18-7-4-8-21(15)20-10)16(23)24-9-13(22)19-12-6-3-2-5-11(12)17/h2-8H,9H2,1H3,(H,19,22). The van der Waals surface area contributed by atoms with Crippen LogP contribution in [0.3, 0.4) is 0 Å². The zero-order valence-corrected chi connectivity index (χ0v) is 13.4. The summed E-state index contributed by atoms with van der Waals surface area (Å²) in [4.78, 5) is 28.3. The number of esters is 1. The van der Waals surface area contributed by atoms with Crippen molar-refractivity contribution < 1.29 is 14.3 Å². The minimum absolute atomic E-state index is 0.237. The van der Waals surface area contributed by atoms with Gasteiger partial charge in [-0.1, -0.05) is 23.7 Å². The fourth-order valence-electron chi connectivity index (χ4n) is 2.19. The summed E-state index contributed by atoms with van der Waals surface area (Å²) < 4.78 is 6.54. The first kappa shape index (κ1) is 15.9. The fourth-order valence-corrected chi connectivity index (χ4v) is 2.37. The Morgan fingerprint density at radius 2 is 2.08 bits per heavy atom. The van der Waals surface area contributed by atoms with E-state index in [0.717, 1.165) is 0 Å². The molecular weight excluding hydrogens is 332 g/mol. The molecule has 122 valence electrons. The molecule has 0 atom stereocenters. The first-order valence-corrected chi connectivity index (χ1v) is 7.45. The van der Waals surface area contributed by atoms with Crippen molar-refractivity contribution in [2.45, 2.75) is 6.92 Å². The van der Waals surface area contributed by atoms with Crippen molar-refractivity contribution in [3.63, 3.8) is 0 Å². The first-order chi connectivity index (χ1) is 11.6. The highest BCUT2D eigenvalue weighted by Gasteiger charge is 2.20. The lowest BCUT2D eigenvalue weighted by atomic mass is 10.2. The SMILES string of the molecule is Cc1nn2cccnc2c1C(=O)OCC(=O)Nc1ccccc1Cl. The number of fused-ring (bicyclic) bond motifs is 1. The molecule has 0 aliphatic heterocycles. The number of rotatable bonds is 4. The van der Waals surface area contributed by atoms with Crippen molar-refractivity contribution in [3.05, 3.63) is 59.0 Å². The van der Waals surface area contributed by atoms with Crippen molar-refractivity contribution in [2.75, 3.05) is 11.9 Å². The zero-order chi connectivity index (χ0) is 17.1. The van der Waals surface area contributed by atoms with Crippen molar-refractivity contribution in [3.8, 4) is 0 Å². The Balaban J connectivity index is 1.68. The van der Waals surface area contributed by atoms with Crippen molar-refractivity contribution >= 4 is 34.8 Å². The molecular formula is C16H13ClN4O3. The predicted molar refractivity (Wildman–Crippen MR) is 88.1 cm³/mol. The largest absolute Gasteiger partial charge is 0.452 e. The van der Waals surface area contributed by atoms with E-state index in [1.165, 1.54) is 4.52 Å². The highest BCUT2D eigenvalue weighted by molar-refractivity contribution is 6.33. The zero-order valence-electron chi connectivity index (χ0n) is 12.7. The van der Waals surface area contributed by atoms with E-state index in [1.807, 2.05) is 0 Å². The summed E-state index contributed by atoms with van der Waals surface area (Å²) in [6.07, 6.45) is 3.23. The number of para-hydroxylation sites is 1. The minimum atomic E-state index is -0.657. The fraction of sp³-hybridized carbons (Fsp3) is 0.125. The van der Waals surface area contributed by atoms with Gasteiger partial charge in [0.2, 0.25) is 0 Å². The molecule has 1 N–H and O–H groups in total. The van der Waals surface area contributed by atoms with Gasteiger partial charge in [-0.2, -0.15) is 5.10 Å². The number of benzene rings is 1. The summed E-state index contributed by atoms with van der Waals surface area (Å²) in [6.45, 7) is 1.24. The monoisotopic (exact) mass is 344 g/mol. The molecule has 0 saturated heterocycles. The summed E-state index contributed by atoms with van der Waals surface area (Å²) in [5.74, 6) is -1.14. The van der Waals surface area contributed by atoms with Crippen LogP contribution in [0.15, 0.2) is 42.7 Å². The van der Waals surface area contributed by atoms with E-state index in [2.05, 4.69) is 15.4 Å². The van der Waals surface area contributed by atoms with Gasteiger partial charge in [0.25, 0.3) is 5.91 Å². The Kier molecular flexibility index (Phi) is 4.43. The second-order valence-corrected chi connectivity index (χ2v) is 5.36. The highest BCUT2D eigenvalue weighted by atomic mass is 35.5. The average Bonchev–Trinajstić information content (AvgIpc) is 2.90. The number of amides is 1. The number of aromatic nitrogens is 3. The molecule has 2 heterocycles. The molecule has 24 heavy (non-hydrogen) atoms. The van der Waals surface area contributed by atoms with E-state index < -0.39 is 18.5 Å². The highest BCUT2D eigenvalue weighted by Crippen LogP contribution is 2.20. The van der Waals surface area contributed by atoms with Gasteiger partial charge in [-0.05, 0) is 25.1 Å². The van der Waals surface area contributed by atoms with Gasteiger partial charge >= 0.3 is 5.97 Å². The van der Waals surface area contributed by atoms with Crippen LogP contribution < -0.4 is 5.32 Å². The average molecular weight is 345 g/mol. The molecule has 3 rings (SSSR count). The molecule has 2 aromatic heterocycles. The number of nitrogens with one attached hydrogen (secondary N) is 1. The molecule has 8 heteroatoms. The second kappa shape index (κ2) is 6.67. The summed E-state index contributed by atoms with van der Waals surface area (Å²) >= 11 is 5.96. The maximum Gasteiger partial charge on any atom is 0.344 e. The van der Waals surface area contributed by atoms with Crippen LogP contribution in [0.1, 0.15) is 16.1 Å². The van der Waals surface area contributed by atoms with Crippen LogP contribution in [-0.2, 0) is 9.53 Å². The number of nitrogens with zero attached hydrogens (tertiary/aromatic N) is 3. The van der Waals surface area contributed by atoms with Crippen LogP contribution in [-0.4, -0.2) is 33.1 Å². The third kappa shape index (κ3) is 3.21. The third-order valence-electron chi connectivity index (χ3n) is 3.26. The molecule has 0 saturated carbocycles. The van der Waals surface area contributed by atoms with Gasteiger partial charge in [0.1, 0.15) is 5.56 Å². The van der Waals surface area contributed by atoms with Gasteiger partial charge in [0.15, 0.2) is 12.3 Å². The van der Waals surface area contributed by atoms with Gasteiger partial charge in [-0.15, -0.1) is 0 Å². The third-order valence-corrected chi connectivity index (χ3v) is 3.59. The molecule has 7 nitrogen and oxygen atoms in total. The molecule has 0 fully saturated rings. The molecule has 0 bridgehead atoms. The molecule has 1 amide bonds. The number of ether oxygens (including phenoxy) is 1. The number of hydrogen-bond donors (Lipinski definition) is 1. The van der Waals surface area contributed by atoms with Crippen LogP contribution in [0.25, 0.3) is 5.65 Å². The molecule has 0 aliphatic rings. The van der Waals surface area contributed by atoms with Crippen molar-refractivity contribution in [1.82, 2.24) is 14.6 Å². The van der Waals surface area contributed by atoms with E-state index in [1.54, 1.807) is 49.6 Å². The Labute approximate surface area is 142 Å². The molecule has 0 unspecified atom stereocenters. The number of carbonyl (C=O) groups excluding carboxylic acids is 2. The first-order valence-electron chi connectivity index (χ1n) is 7.07. The van der Waals surface area contributed by atoms with E-state index >= 15 is 0 Å². The van der Waals surface area contributed by atoms with Gasteiger partial charge in [0.05, 0.1) is 16.4 Å². The molecule has 1 aromatic carbocycles. The summed E-state index contributed by atoms with van der Waals surface area (Å²) in [5.41, 5.74) is 1.55. The smallest absolute Gasteiger partial charge is 0.344 e. The maximum atomic E-state index is 12.2. The van der Waals surface area contributed by atoms with Crippen LogP contribution in [0.4, 0.5) is 5.69 Å². The number of aryl methyl sites for hydroxylation is 1. The molecule has 0 radical (unpaired) electrons. The predicted octanol–water partition coefficient (Wildman–Crippen LogP) is 2.49. The van der Waals surface area contributed by atoms with E-state index in [0.29, 0.717) is 22.1 Å². The summed E-state index contributed by atoms with van der Waals surface area (Å²) in [5, 5.41) is 7.16. The van der Waals surface area contributed by atoms with Gasteiger partial charge < -0.3 is 10.1 Å². The van der Waals surface area contributed by atoms with E-state index in [4.69, 9.17) is 16.3 Å². The van der Waals surface area contributed by atoms with Crippen LogP contribution in [0.5, 0.6) is 0 Å². The Morgan fingerprint density at radius 3 is 2.88 bits per heavy atom. The number of hydrogen-bond acceptors (Lipinski definition) is 5. The Hall–Kier alpha value is -2.93. The van der Waals surface area contributed by atoms with Crippen LogP contribution in [0, 0.1) is 6.92 Å². The number of anilines is 1. The van der Waals surface area contributed by atoms with Gasteiger partial charge in [-0.3, -0.25) is 4.79 Å². The number of carbonyl (C=O) groups is 2. The Bertz CT molecular complexity index is 923. The lowest BCUT2D eigenvalue weighted by Crippen LogP contribution is -2.21. The lowest BCUT2D eigenvalue weighted by molar-refractivity contribution is -0.119. The summed E-state index contributed by atoms with van der Waals surface area (Å²) in [6, 6.07) is 8.49. The Morgan fingerprint density at radius 1 is 1.29 bits per heavy atom. The van der Waals surface area contributed by atoms with Crippen molar-refractivity contribution in [2.24, 2.45) is 0 Å². The van der Waals surface area contributed by atoms with Gasteiger partial charge in [0, 0.05) is 12.4 Å². The van der Waals surface area contributed by atoms with Crippen LogP contribution in [0.2, 0.25) is 5.02 Å². The second-order valence-electron chi connectivity index (χ2n) is 4.95. The quantitative estimate of drug-likeness (QED) is 0.735. The maximum absolute atomic E-state index is 12.2. The number of halogens is 1. The molecule has 0 spiro atoms. The lowest BCUT2D eigenvalue weighted by Gasteiger charge is -2.07.